The molecule has 0 saturated heterocycles. The van der Waals surface area contributed by atoms with Crippen LogP contribution in [-0.4, -0.2) is 12.5 Å². The molecule has 0 atom stereocenters. The fourth-order valence-corrected chi connectivity index (χ4v) is 3.12. The summed E-state index contributed by atoms with van der Waals surface area (Å²) in [5.41, 5.74) is 1.95. The van der Waals surface area contributed by atoms with Crippen molar-refractivity contribution in [3.8, 4) is 17.6 Å². The summed E-state index contributed by atoms with van der Waals surface area (Å²) in [7, 11) is 0. The monoisotopic (exact) mass is 466 g/mol. The summed E-state index contributed by atoms with van der Waals surface area (Å²) >= 11 is 12.0. The topological polar surface area (TPSA) is 71.3 Å². The molecule has 3 aromatic carbocycles. The van der Waals surface area contributed by atoms with Crippen LogP contribution in [0.3, 0.4) is 0 Å². The fraction of sp³-hybridized carbons (Fsp3) is 0.120. The van der Waals surface area contributed by atoms with Crippen LogP contribution in [0.15, 0.2) is 72.3 Å². The van der Waals surface area contributed by atoms with Crippen LogP contribution in [0.2, 0.25) is 10.0 Å². The highest BCUT2D eigenvalue weighted by atomic mass is 35.5. The Morgan fingerprint density at radius 1 is 1.03 bits per heavy atom. The summed E-state index contributed by atoms with van der Waals surface area (Å²) in [5, 5.41) is 13.2. The average Bonchev–Trinajstić information content (AvgIpc) is 2.79. The van der Waals surface area contributed by atoms with E-state index in [1.54, 1.807) is 54.6 Å². The first-order valence-corrected chi connectivity index (χ1v) is 10.6. The second-order valence-corrected chi connectivity index (χ2v) is 7.50. The number of nitriles is 1. The maximum absolute atomic E-state index is 12.5. The van der Waals surface area contributed by atoms with Gasteiger partial charge in [-0.1, -0.05) is 53.5 Å². The molecule has 0 saturated carbocycles. The van der Waals surface area contributed by atoms with Crippen molar-refractivity contribution >= 4 is 40.9 Å². The van der Waals surface area contributed by atoms with Gasteiger partial charge in [-0.15, -0.1) is 0 Å². The third-order valence-corrected chi connectivity index (χ3v) is 4.95. The van der Waals surface area contributed by atoms with Crippen molar-refractivity contribution in [2.45, 2.75) is 13.5 Å². The smallest absolute Gasteiger partial charge is 0.266 e. The van der Waals surface area contributed by atoms with E-state index in [1.165, 1.54) is 6.08 Å². The summed E-state index contributed by atoms with van der Waals surface area (Å²) in [6.45, 7) is 2.64. The number of rotatable bonds is 8. The molecule has 0 aliphatic rings. The Morgan fingerprint density at radius 3 is 2.47 bits per heavy atom. The fourth-order valence-electron chi connectivity index (χ4n) is 2.81. The van der Waals surface area contributed by atoms with Crippen LogP contribution in [0, 0.1) is 11.3 Å². The Balaban J connectivity index is 1.78. The molecule has 1 N–H and O–H groups in total. The zero-order chi connectivity index (χ0) is 22.9. The highest BCUT2D eigenvalue weighted by molar-refractivity contribution is 6.34. The third kappa shape index (κ3) is 6.27. The number of benzene rings is 3. The molecule has 0 heterocycles. The molecule has 3 rings (SSSR count). The molecule has 0 aromatic heterocycles. The predicted molar refractivity (Wildman–Crippen MR) is 127 cm³/mol. The minimum Gasteiger partial charge on any atom is -0.490 e. The average molecular weight is 467 g/mol. The number of ether oxygens (including phenoxy) is 2. The first-order valence-electron chi connectivity index (χ1n) is 9.82. The molecule has 7 heteroatoms. The van der Waals surface area contributed by atoms with Gasteiger partial charge in [-0.05, 0) is 60.5 Å². The van der Waals surface area contributed by atoms with Crippen molar-refractivity contribution in [2.75, 3.05) is 11.9 Å². The lowest BCUT2D eigenvalue weighted by Gasteiger charge is -2.13. The lowest BCUT2D eigenvalue weighted by atomic mass is 10.1. The van der Waals surface area contributed by atoms with Gasteiger partial charge in [0.25, 0.3) is 5.91 Å². The molecule has 0 bridgehead atoms. The van der Waals surface area contributed by atoms with E-state index < -0.39 is 5.91 Å². The van der Waals surface area contributed by atoms with Crippen LogP contribution in [0.5, 0.6) is 11.5 Å². The van der Waals surface area contributed by atoms with Crippen molar-refractivity contribution in [1.82, 2.24) is 0 Å². The Labute approximate surface area is 196 Å². The summed E-state index contributed by atoms with van der Waals surface area (Å²) in [4.78, 5) is 12.5. The molecule has 0 spiro atoms. The Bertz CT molecular complexity index is 1170. The van der Waals surface area contributed by atoms with Gasteiger partial charge in [0.2, 0.25) is 0 Å². The van der Waals surface area contributed by atoms with Gasteiger partial charge in [0, 0.05) is 5.02 Å². The molecule has 3 aromatic rings. The van der Waals surface area contributed by atoms with Crippen molar-refractivity contribution in [3.05, 3.63) is 93.5 Å². The van der Waals surface area contributed by atoms with Crippen molar-refractivity contribution in [3.63, 3.8) is 0 Å². The number of hydrogen-bond donors (Lipinski definition) is 1. The lowest BCUT2D eigenvalue weighted by molar-refractivity contribution is -0.112. The molecule has 0 fully saturated rings. The number of nitrogens with one attached hydrogen (secondary N) is 1. The molecule has 32 heavy (non-hydrogen) atoms. The summed E-state index contributed by atoms with van der Waals surface area (Å²) in [6.07, 6.45) is 1.48. The maximum atomic E-state index is 12.5. The Hall–Kier alpha value is -3.46. The van der Waals surface area contributed by atoms with E-state index in [9.17, 15) is 10.1 Å². The van der Waals surface area contributed by atoms with E-state index in [1.807, 2.05) is 25.1 Å². The van der Waals surface area contributed by atoms with Crippen molar-refractivity contribution in [1.29, 1.82) is 5.26 Å². The Morgan fingerprint density at radius 2 is 1.78 bits per heavy atom. The van der Waals surface area contributed by atoms with Gasteiger partial charge in [-0.3, -0.25) is 4.79 Å². The first kappa shape index (κ1) is 23.2. The quantitative estimate of drug-likeness (QED) is 0.303. The largest absolute Gasteiger partial charge is 0.490 e. The molecule has 5 nitrogen and oxygen atoms in total. The Kier molecular flexibility index (Phi) is 8.15. The number of carbonyl (C=O) groups excluding carboxylic acids is 1. The van der Waals surface area contributed by atoms with Crippen LogP contribution in [0.25, 0.3) is 6.08 Å². The zero-order valence-corrected chi connectivity index (χ0v) is 18.8. The van der Waals surface area contributed by atoms with Crippen molar-refractivity contribution < 1.29 is 14.3 Å². The number of halogens is 2. The molecule has 0 aliphatic heterocycles. The number of nitrogens with zero attached hydrogens (tertiary/aromatic N) is 1. The predicted octanol–water partition coefficient (Wildman–Crippen LogP) is 6.52. The van der Waals surface area contributed by atoms with Gasteiger partial charge < -0.3 is 14.8 Å². The van der Waals surface area contributed by atoms with E-state index >= 15 is 0 Å². The molecule has 0 unspecified atom stereocenters. The highest BCUT2D eigenvalue weighted by Gasteiger charge is 2.13. The van der Waals surface area contributed by atoms with Gasteiger partial charge in [0.15, 0.2) is 11.5 Å². The number of amides is 1. The van der Waals surface area contributed by atoms with E-state index in [-0.39, 0.29) is 5.57 Å². The van der Waals surface area contributed by atoms with Crippen LogP contribution < -0.4 is 14.8 Å². The molecular formula is C25H20Cl2N2O3. The molecular weight excluding hydrogens is 447 g/mol. The maximum Gasteiger partial charge on any atom is 0.266 e. The molecule has 162 valence electrons. The van der Waals surface area contributed by atoms with Crippen LogP contribution in [0.1, 0.15) is 18.1 Å². The number of para-hydroxylation sites is 1. The van der Waals surface area contributed by atoms with E-state index in [2.05, 4.69) is 5.32 Å². The van der Waals surface area contributed by atoms with Crippen molar-refractivity contribution in [2.24, 2.45) is 0 Å². The molecule has 0 aliphatic carbocycles. The minimum absolute atomic E-state index is 0.0674. The first-order chi connectivity index (χ1) is 15.5. The van der Waals surface area contributed by atoms with E-state index in [0.717, 1.165) is 5.56 Å². The number of carbonyl (C=O) groups is 1. The molecule has 0 radical (unpaired) electrons. The summed E-state index contributed by atoms with van der Waals surface area (Å²) in [5.74, 6) is 0.513. The van der Waals surface area contributed by atoms with Gasteiger partial charge >= 0.3 is 0 Å². The number of anilines is 1. The van der Waals surface area contributed by atoms with Gasteiger partial charge in [0.1, 0.15) is 18.2 Å². The normalized spacial score (nSPS) is 10.9. The van der Waals surface area contributed by atoms with Crippen LogP contribution >= 0.6 is 23.2 Å². The standard InChI is InChI=1S/C25H20Cl2N2O3/c1-2-31-24-14-18(9-12-23(24)32-16-17-7-10-20(26)11-8-17)13-19(15-28)25(30)29-22-6-4-3-5-21(22)27/h3-14H,2,16H2,1H3,(H,29,30)/b19-13-. The second kappa shape index (κ2) is 11.2. The van der Waals surface area contributed by atoms with E-state index in [0.29, 0.717) is 46.0 Å². The minimum atomic E-state index is -0.554. The van der Waals surface area contributed by atoms with Crippen LogP contribution in [0.4, 0.5) is 5.69 Å². The van der Waals surface area contributed by atoms with Gasteiger partial charge in [-0.25, -0.2) is 0 Å². The van der Waals surface area contributed by atoms with Crippen LogP contribution in [-0.2, 0) is 11.4 Å². The lowest BCUT2D eigenvalue weighted by Crippen LogP contribution is -2.13. The summed E-state index contributed by atoms with van der Waals surface area (Å²) < 4.78 is 11.6. The van der Waals surface area contributed by atoms with E-state index in [4.69, 9.17) is 32.7 Å². The highest BCUT2D eigenvalue weighted by Crippen LogP contribution is 2.30. The third-order valence-electron chi connectivity index (χ3n) is 4.37. The zero-order valence-electron chi connectivity index (χ0n) is 17.3. The van der Waals surface area contributed by atoms with Gasteiger partial charge in [-0.2, -0.15) is 5.26 Å². The van der Waals surface area contributed by atoms with Gasteiger partial charge in [0.05, 0.1) is 17.3 Å². The summed E-state index contributed by atoms with van der Waals surface area (Å²) in [6, 6.07) is 21.3. The molecule has 1 amide bonds. The number of hydrogen-bond acceptors (Lipinski definition) is 4. The second-order valence-electron chi connectivity index (χ2n) is 6.66. The SMILES string of the molecule is CCOc1cc(/C=C(/C#N)C(=O)Nc2ccccc2Cl)ccc1OCc1ccc(Cl)cc1.